The zero-order valence-electron chi connectivity index (χ0n) is 21.5. The highest BCUT2D eigenvalue weighted by Gasteiger charge is 2.21. The van der Waals surface area contributed by atoms with E-state index in [4.69, 9.17) is 8.83 Å². The van der Waals surface area contributed by atoms with Gasteiger partial charge < -0.3 is 8.83 Å². The minimum absolute atomic E-state index is 0.861. The number of furan rings is 2. The van der Waals surface area contributed by atoms with Crippen molar-refractivity contribution in [1.29, 1.82) is 0 Å². The molecule has 0 amide bonds. The fraction of sp³-hybridized carbons (Fsp3) is 0. The molecule has 0 aliphatic heterocycles. The van der Waals surface area contributed by atoms with Crippen molar-refractivity contribution in [3.63, 3.8) is 0 Å². The maximum Gasteiger partial charge on any atom is 0.136 e. The Labute approximate surface area is 229 Å². The Kier molecular flexibility index (Phi) is 4.36. The first-order chi connectivity index (χ1) is 19.8. The van der Waals surface area contributed by atoms with Gasteiger partial charge in [0.05, 0.1) is 6.26 Å². The summed E-state index contributed by atoms with van der Waals surface area (Å²) in [6.07, 6.45) is 1.91. The summed E-state index contributed by atoms with van der Waals surface area (Å²) in [5, 5.41) is 10.6. The fourth-order valence-corrected chi connectivity index (χ4v) is 6.59. The van der Waals surface area contributed by atoms with Crippen molar-refractivity contribution >= 4 is 65.2 Å². The van der Waals surface area contributed by atoms with E-state index in [9.17, 15) is 0 Å². The van der Waals surface area contributed by atoms with Gasteiger partial charge in [-0.05, 0) is 61.6 Å². The minimum Gasteiger partial charge on any atom is -0.464 e. The number of fused-ring (bicyclic) bond motifs is 7. The van der Waals surface area contributed by atoms with Crippen molar-refractivity contribution in [1.82, 2.24) is 0 Å². The third kappa shape index (κ3) is 2.93. The van der Waals surface area contributed by atoms with Gasteiger partial charge in [0.2, 0.25) is 0 Å². The maximum atomic E-state index is 6.27. The smallest absolute Gasteiger partial charge is 0.136 e. The lowest BCUT2D eigenvalue weighted by Crippen LogP contribution is -1.91. The molecule has 186 valence electrons. The third-order valence-corrected chi connectivity index (χ3v) is 8.33. The van der Waals surface area contributed by atoms with Crippen LogP contribution in [0.25, 0.3) is 87.5 Å². The monoisotopic (exact) mass is 510 g/mol. The third-order valence-electron chi connectivity index (χ3n) is 8.33. The molecule has 9 aromatic rings. The summed E-state index contributed by atoms with van der Waals surface area (Å²) in [4.78, 5) is 0. The molecule has 2 nitrogen and oxygen atoms in total. The molecule has 0 aliphatic rings. The van der Waals surface area contributed by atoms with E-state index in [1.807, 2.05) is 24.5 Å². The van der Waals surface area contributed by atoms with E-state index in [-0.39, 0.29) is 0 Å². The Balaban J connectivity index is 1.42. The van der Waals surface area contributed by atoms with Crippen LogP contribution >= 0.6 is 0 Å². The van der Waals surface area contributed by atoms with Crippen LogP contribution in [-0.2, 0) is 0 Å². The van der Waals surface area contributed by atoms with Gasteiger partial charge >= 0.3 is 0 Å². The van der Waals surface area contributed by atoms with E-state index in [1.54, 1.807) is 0 Å². The van der Waals surface area contributed by atoms with Crippen LogP contribution < -0.4 is 0 Å². The summed E-state index contributed by atoms with van der Waals surface area (Å²) in [6.45, 7) is 0. The lowest BCUT2D eigenvalue weighted by molar-refractivity contribution is 0.617. The maximum absolute atomic E-state index is 6.27. The Morgan fingerprint density at radius 3 is 1.62 bits per heavy atom. The summed E-state index contributed by atoms with van der Waals surface area (Å²) in [5.41, 5.74) is 7.40. The van der Waals surface area contributed by atoms with E-state index >= 15 is 0 Å². The van der Waals surface area contributed by atoms with Crippen molar-refractivity contribution < 1.29 is 8.83 Å². The normalized spacial score (nSPS) is 12.0. The van der Waals surface area contributed by atoms with Gasteiger partial charge in [-0.15, -0.1) is 0 Å². The predicted molar refractivity (Wildman–Crippen MR) is 167 cm³/mol. The van der Waals surface area contributed by atoms with Crippen LogP contribution in [0.15, 0.2) is 142 Å². The topological polar surface area (TPSA) is 26.3 Å². The Hall–Kier alpha value is -5.34. The molecule has 0 radical (unpaired) electrons. The highest BCUT2D eigenvalue weighted by atomic mass is 16.3. The Morgan fingerprint density at radius 1 is 0.350 bits per heavy atom. The van der Waals surface area contributed by atoms with E-state index in [0.29, 0.717) is 0 Å². The number of rotatable bonds is 2. The standard InChI is InChI=1S/C38H22O2/c1-2-12-24-23(10-1)11-9-18-26(24)37-27-14-3-5-16-29(27)38(30-17-6-4-15-28(30)37)33-22-39-35-20-31-25-13-7-8-19-34(25)40-36(31)21-32(33)35/h1-22H. The van der Waals surface area contributed by atoms with Crippen LogP contribution in [0.5, 0.6) is 0 Å². The molecule has 0 saturated heterocycles. The molecule has 0 N–H and O–H groups in total. The largest absolute Gasteiger partial charge is 0.464 e. The van der Waals surface area contributed by atoms with E-state index in [2.05, 4.69) is 109 Å². The van der Waals surface area contributed by atoms with Gasteiger partial charge in [0.1, 0.15) is 16.7 Å². The fourth-order valence-electron chi connectivity index (χ4n) is 6.59. The first kappa shape index (κ1) is 21.6. The lowest BCUT2D eigenvalue weighted by Gasteiger charge is -2.18. The molecule has 0 fully saturated rings. The second-order valence-corrected chi connectivity index (χ2v) is 10.5. The molecule has 2 heteroatoms. The summed E-state index contributed by atoms with van der Waals surface area (Å²) in [6, 6.07) is 45.2. The summed E-state index contributed by atoms with van der Waals surface area (Å²) in [5.74, 6) is 0. The molecule has 0 bridgehead atoms. The van der Waals surface area contributed by atoms with Gasteiger partial charge in [-0.25, -0.2) is 0 Å². The van der Waals surface area contributed by atoms with Crippen LogP contribution in [0.2, 0.25) is 0 Å². The number of benzene rings is 7. The molecule has 2 heterocycles. The second-order valence-electron chi connectivity index (χ2n) is 10.5. The molecule has 0 atom stereocenters. The molecule has 2 aromatic heterocycles. The van der Waals surface area contributed by atoms with Crippen molar-refractivity contribution in [2.45, 2.75) is 0 Å². The minimum atomic E-state index is 0.861. The van der Waals surface area contributed by atoms with Gasteiger partial charge in [-0.1, -0.05) is 109 Å². The zero-order chi connectivity index (χ0) is 26.2. The van der Waals surface area contributed by atoms with Crippen molar-refractivity contribution in [3.8, 4) is 22.3 Å². The highest BCUT2D eigenvalue weighted by Crippen LogP contribution is 2.47. The van der Waals surface area contributed by atoms with Gasteiger partial charge in [0.25, 0.3) is 0 Å². The number of para-hydroxylation sites is 1. The first-order valence-electron chi connectivity index (χ1n) is 13.6. The summed E-state index contributed by atoms with van der Waals surface area (Å²) < 4.78 is 12.5. The average molecular weight is 511 g/mol. The summed E-state index contributed by atoms with van der Waals surface area (Å²) >= 11 is 0. The van der Waals surface area contributed by atoms with Crippen LogP contribution in [0, 0.1) is 0 Å². The van der Waals surface area contributed by atoms with Crippen LogP contribution in [0.3, 0.4) is 0 Å². The molecule has 0 aliphatic carbocycles. The SMILES string of the molecule is c1ccc2c(-c3c4ccccc4c(-c4coc5cc6c(cc45)oc4ccccc46)c4ccccc34)cccc2c1. The predicted octanol–water partition coefficient (Wildman–Crippen LogP) is 11.1. The van der Waals surface area contributed by atoms with Crippen LogP contribution in [-0.4, -0.2) is 0 Å². The average Bonchev–Trinajstić information content (AvgIpc) is 3.59. The van der Waals surface area contributed by atoms with Crippen molar-refractivity contribution in [3.05, 3.63) is 134 Å². The molecule has 9 rings (SSSR count). The van der Waals surface area contributed by atoms with E-state index < -0.39 is 0 Å². The zero-order valence-corrected chi connectivity index (χ0v) is 21.5. The van der Waals surface area contributed by atoms with Crippen molar-refractivity contribution in [2.75, 3.05) is 0 Å². The van der Waals surface area contributed by atoms with Crippen molar-refractivity contribution in [2.24, 2.45) is 0 Å². The number of hydrogen-bond acceptors (Lipinski definition) is 2. The Bertz CT molecular complexity index is 2370. The van der Waals surface area contributed by atoms with Gasteiger partial charge in [0.15, 0.2) is 0 Å². The highest BCUT2D eigenvalue weighted by molar-refractivity contribution is 6.25. The number of hydrogen-bond donors (Lipinski definition) is 0. The van der Waals surface area contributed by atoms with Crippen LogP contribution in [0.4, 0.5) is 0 Å². The quantitative estimate of drug-likeness (QED) is 0.216. The molecule has 0 spiro atoms. The lowest BCUT2D eigenvalue weighted by atomic mass is 9.84. The Morgan fingerprint density at radius 2 is 0.900 bits per heavy atom. The van der Waals surface area contributed by atoms with E-state index in [1.165, 1.54) is 49.0 Å². The molecule has 0 unspecified atom stereocenters. The van der Waals surface area contributed by atoms with Gasteiger partial charge in [-0.2, -0.15) is 0 Å². The second kappa shape index (κ2) is 8.08. The van der Waals surface area contributed by atoms with Gasteiger partial charge in [-0.3, -0.25) is 0 Å². The molecular formula is C38H22O2. The van der Waals surface area contributed by atoms with E-state index in [0.717, 1.165) is 38.5 Å². The summed E-state index contributed by atoms with van der Waals surface area (Å²) in [7, 11) is 0. The molecule has 7 aromatic carbocycles. The molecule has 0 saturated carbocycles. The molecule has 40 heavy (non-hydrogen) atoms. The van der Waals surface area contributed by atoms with Gasteiger partial charge in [0, 0.05) is 27.3 Å². The van der Waals surface area contributed by atoms with Crippen LogP contribution in [0.1, 0.15) is 0 Å². The first-order valence-corrected chi connectivity index (χ1v) is 13.6. The molecular weight excluding hydrogens is 488 g/mol.